The van der Waals surface area contributed by atoms with Crippen LogP contribution in [0.2, 0.25) is 0 Å². The van der Waals surface area contributed by atoms with Gasteiger partial charge in [-0.2, -0.15) is 0 Å². The first-order chi connectivity index (χ1) is 6.89. The molecule has 1 rings (SSSR count). The summed E-state index contributed by atoms with van der Waals surface area (Å²) in [6, 6.07) is 6.57. The number of nitrogen functional groups attached to an aromatic ring is 1. The van der Waals surface area contributed by atoms with E-state index in [1.165, 1.54) is 6.92 Å². The lowest BCUT2D eigenvalue weighted by molar-refractivity contribution is -0.114. The van der Waals surface area contributed by atoms with E-state index in [9.17, 15) is 13.2 Å². The summed E-state index contributed by atoms with van der Waals surface area (Å²) in [6.45, 7) is 1.26. The Hall–Kier alpha value is -1.36. The van der Waals surface area contributed by atoms with Crippen molar-refractivity contribution in [3.05, 3.63) is 29.8 Å². The lowest BCUT2D eigenvalue weighted by Crippen LogP contribution is -2.15. The van der Waals surface area contributed by atoms with Gasteiger partial charge in [0.05, 0.1) is 5.75 Å². The van der Waals surface area contributed by atoms with Crippen molar-refractivity contribution >= 4 is 21.3 Å². The molecule has 0 heterocycles. The Morgan fingerprint density at radius 2 is 1.80 bits per heavy atom. The van der Waals surface area contributed by atoms with Crippen molar-refractivity contribution in [2.75, 3.05) is 11.5 Å². The van der Waals surface area contributed by atoms with Crippen molar-refractivity contribution in [3.8, 4) is 0 Å². The highest BCUT2D eigenvalue weighted by molar-refractivity contribution is 7.91. The van der Waals surface area contributed by atoms with E-state index in [2.05, 4.69) is 0 Å². The molecule has 0 saturated heterocycles. The quantitative estimate of drug-likeness (QED) is 0.771. The van der Waals surface area contributed by atoms with Crippen LogP contribution in [0.5, 0.6) is 0 Å². The van der Waals surface area contributed by atoms with E-state index < -0.39 is 15.6 Å². The number of rotatable bonds is 4. The summed E-state index contributed by atoms with van der Waals surface area (Å²) in [7, 11) is -3.34. The highest BCUT2D eigenvalue weighted by Gasteiger charge is 2.14. The molecule has 0 aliphatic heterocycles. The van der Waals surface area contributed by atoms with Gasteiger partial charge in [0, 0.05) is 5.69 Å². The largest absolute Gasteiger partial charge is 0.399 e. The van der Waals surface area contributed by atoms with Gasteiger partial charge in [-0.25, -0.2) is 8.42 Å². The number of anilines is 1. The van der Waals surface area contributed by atoms with Gasteiger partial charge in [-0.05, 0) is 24.6 Å². The van der Waals surface area contributed by atoms with Crippen LogP contribution in [0.15, 0.2) is 24.3 Å². The molecule has 0 amide bonds. The fourth-order valence-corrected chi connectivity index (χ4v) is 2.65. The number of Topliss-reactive ketones (excluding diaryl/α,β-unsaturated/α-hetero) is 1. The standard InChI is InChI=1S/C10H13NO3S/c1-8(12)6-15(13,14)7-9-2-4-10(11)5-3-9/h2-5H,6-7,11H2,1H3. The van der Waals surface area contributed by atoms with Crippen LogP contribution in [0.1, 0.15) is 12.5 Å². The van der Waals surface area contributed by atoms with Crippen LogP contribution in [0.4, 0.5) is 5.69 Å². The van der Waals surface area contributed by atoms with Crippen molar-refractivity contribution < 1.29 is 13.2 Å². The van der Waals surface area contributed by atoms with Gasteiger partial charge in [0.1, 0.15) is 11.5 Å². The van der Waals surface area contributed by atoms with Crippen LogP contribution < -0.4 is 5.73 Å². The van der Waals surface area contributed by atoms with E-state index in [1.807, 2.05) is 0 Å². The molecule has 0 aliphatic rings. The van der Waals surface area contributed by atoms with E-state index in [0.717, 1.165) is 0 Å². The van der Waals surface area contributed by atoms with E-state index in [-0.39, 0.29) is 11.5 Å². The number of carbonyl (C=O) groups is 1. The second kappa shape index (κ2) is 4.44. The predicted molar refractivity (Wildman–Crippen MR) is 59.0 cm³/mol. The molecule has 2 N–H and O–H groups in total. The average Bonchev–Trinajstić information content (AvgIpc) is 2.06. The summed E-state index contributed by atoms with van der Waals surface area (Å²) in [5.41, 5.74) is 6.70. The Morgan fingerprint density at radius 1 is 1.27 bits per heavy atom. The Kier molecular flexibility index (Phi) is 3.47. The monoisotopic (exact) mass is 227 g/mol. The van der Waals surface area contributed by atoms with Crippen LogP contribution in [0.3, 0.4) is 0 Å². The zero-order chi connectivity index (χ0) is 11.5. The molecule has 0 radical (unpaired) electrons. The van der Waals surface area contributed by atoms with E-state index in [1.54, 1.807) is 24.3 Å². The topological polar surface area (TPSA) is 77.2 Å². The molecule has 4 nitrogen and oxygen atoms in total. The summed E-state index contributed by atoms with van der Waals surface area (Å²) < 4.78 is 22.9. The second-order valence-electron chi connectivity index (χ2n) is 3.48. The molecule has 0 fully saturated rings. The van der Waals surface area contributed by atoms with Crippen molar-refractivity contribution in [3.63, 3.8) is 0 Å². The van der Waals surface area contributed by atoms with Crippen molar-refractivity contribution in [1.29, 1.82) is 0 Å². The predicted octanol–water partition coefficient (Wildman–Crippen LogP) is 0.773. The van der Waals surface area contributed by atoms with Crippen LogP contribution in [0.25, 0.3) is 0 Å². The minimum absolute atomic E-state index is 0.118. The number of hydrogen-bond donors (Lipinski definition) is 1. The molecule has 1 aromatic carbocycles. The maximum Gasteiger partial charge on any atom is 0.161 e. The Bertz CT molecular complexity index is 448. The third-order valence-electron chi connectivity index (χ3n) is 1.79. The average molecular weight is 227 g/mol. The van der Waals surface area contributed by atoms with Gasteiger partial charge in [0.25, 0.3) is 0 Å². The first-order valence-corrected chi connectivity index (χ1v) is 6.25. The van der Waals surface area contributed by atoms with Crippen LogP contribution in [-0.2, 0) is 20.4 Å². The van der Waals surface area contributed by atoms with Gasteiger partial charge in [-0.15, -0.1) is 0 Å². The number of benzene rings is 1. The molecule has 0 saturated carbocycles. The summed E-state index contributed by atoms with van der Waals surface area (Å²) in [4.78, 5) is 10.7. The number of nitrogens with two attached hydrogens (primary N) is 1. The Balaban J connectivity index is 2.78. The number of sulfone groups is 1. The molecular weight excluding hydrogens is 214 g/mol. The fraction of sp³-hybridized carbons (Fsp3) is 0.300. The van der Waals surface area contributed by atoms with Crippen LogP contribution in [-0.4, -0.2) is 20.0 Å². The van der Waals surface area contributed by atoms with E-state index in [4.69, 9.17) is 5.73 Å². The third-order valence-corrected chi connectivity index (χ3v) is 3.41. The molecule has 0 atom stereocenters. The number of carbonyl (C=O) groups excluding carboxylic acids is 1. The van der Waals surface area contributed by atoms with Crippen LogP contribution >= 0.6 is 0 Å². The van der Waals surface area contributed by atoms with Gasteiger partial charge < -0.3 is 5.73 Å². The first kappa shape index (κ1) is 11.7. The van der Waals surface area contributed by atoms with Crippen molar-refractivity contribution in [2.24, 2.45) is 0 Å². The molecule has 0 aromatic heterocycles. The molecule has 0 unspecified atom stereocenters. The zero-order valence-electron chi connectivity index (χ0n) is 8.43. The lowest BCUT2D eigenvalue weighted by atomic mass is 10.2. The molecule has 0 aliphatic carbocycles. The number of ketones is 1. The third kappa shape index (κ3) is 4.12. The van der Waals surface area contributed by atoms with Gasteiger partial charge in [0.2, 0.25) is 0 Å². The van der Waals surface area contributed by atoms with Crippen LogP contribution in [0, 0.1) is 0 Å². The summed E-state index contributed by atoms with van der Waals surface area (Å²) in [5.74, 6) is -0.866. The molecule has 0 bridgehead atoms. The van der Waals surface area contributed by atoms with Crippen molar-refractivity contribution in [1.82, 2.24) is 0 Å². The smallest absolute Gasteiger partial charge is 0.161 e. The molecule has 0 spiro atoms. The lowest BCUT2D eigenvalue weighted by Gasteiger charge is -2.02. The van der Waals surface area contributed by atoms with Gasteiger partial charge in [0.15, 0.2) is 9.84 Å². The Morgan fingerprint density at radius 3 is 2.27 bits per heavy atom. The van der Waals surface area contributed by atoms with Gasteiger partial charge in [-0.1, -0.05) is 12.1 Å². The Labute approximate surface area is 89.0 Å². The fourth-order valence-electron chi connectivity index (χ4n) is 1.23. The minimum Gasteiger partial charge on any atom is -0.399 e. The minimum atomic E-state index is -3.34. The molecule has 15 heavy (non-hydrogen) atoms. The SMILES string of the molecule is CC(=O)CS(=O)(=O)Cc1ccc(N)cc1. The molecule has 5 heteroatoms. The maximum atomic E-state index is 11.4. The summed E-state index contributed by atoms with van der Waals surface area (Å²) in [6.07, 6.45) is 0. The highest BCUT2D eigenvalue weighted by atomic mass is 32.2. The second-order valence-corrected chi connectivity index (χ2v) is 5.54. The van der Waals surface area contributed by atoms with Gasteiger partial charge in [-0.3, -0.25) is 4.79 Å². The molecular formula is C10H13NO3S. The van der Waals surface area contributed by atoms with Gasteiger partial charge >= 0.3 is 0 Å². The first-order valence-electron chi connectivity index (χ1n) is 4.43. The molecule has 1 aromatic rings. The normalized spacial score (nSPS) is 11.3. The van der Waals surface area contributed by atoms with Crippen molar-refractivity contribution in [2.45, 2.75) is 12.7 Å². The number of hydrogen-bond acceptors (Lipinski definition) is 4. The maximum absolute atomic E-state index is 11.4. The molecule has 82 valence electrons. The summed E-state index contributed by atoms with van der Waals surface area (Å²) in [5, 5.41) is 0. The van der Waals surface area contributed by atoms with E-state index >= 15 is 0 Å². The summed E-state index contributed by atoms with van der Waals surface area (Å²) >= 11 is 0. The van der Waals surface area contributed by atoms with E-state index in [0.29, 0.717) is 11.3 Å². The zero-order valence-corrected chi connectivity index (χ0v) is 9.25. The highest BCUT2D eigenvalue weighted by Crippen LogP contribution is 2.09.